The molecule has 126 valence electrons. The Morgan fingerprint density at radius 3 is 2.62 bits per heavy atom. The molecule has 0 radical (unpaired) electrons. The van der Waals surface area contributed by atoms with Crippen LogP contribution in [0.5, 0.6) is 0 Å². The van der Waals surface area contributed by atoms with Crippen LogP contribution in [0.2, 0.25) is 0 Å². The summed E-state index contributed by atoms with van der Waals surface area (Å²) >= 11 is 1.24. The van der Waals surface area contributed by atoms with Gasteiger partial charge in [-0.3, -0.25) is 10.1 Å². The Morgan fingerprint density at radius 1 is 1.21 bits per heavy atom. The normalized spacial score (nSPS) is 15.7. The lowest BCUT2D eigenvalue weighted by atomic mass is 9.97. The van der Waals surface area contributed by atoms with Crippen LogP contribution in [0, 0.1) is 0 Å². The van der Waals surface area contributed by atoms with Crippen molar-refractivity contribution in [2.45, 2.75) is 37.8 Å². The highest BCUT2D eigenvalue weighted by Gasteiger charge is 2.43. The molecule has 1 aliphatic carbocycles. The van der Waals surface area contributed by atoms with E-state index in [0.717, 1.165) is 18.4 Å². The van der Waals surface area contributed by atoms with E-state index in [1.165, 1.54) is 11.3 Å². The third-order valence-electron chi connectivity index (χ3n) is 4.03. The summed E-state index contributed by atoms with van der Waals surface area (Å²) in [6, 6.07) is 9.41. The minimum absolute atomic E-state index is 0.167. The lowest BCUT2D eigenvalue weighted by Crippen LogP contribution is -2.55. The Bertz CT molecular complexity index is 685. The molecule has 1 aliphatic rings. The number of alkyl carbamates (subject to hydrolysis) is 1. The summed E-state index contributed by atoms with van der Waals surface area (Å²) < 4.78 is 5.25. The van der Waals surface area contributed by atoms with Crippen molar-refractivity contribution in [1.29, 1.82) is 0 Å². The van der Waals surface area contributed by atoms with E-state index in [-0.39, 0.29) is 12.5 Å². The average Bonchev–Trinajstić information content (AvgIpc) is 3.26. The van der Waals surface area contributed by atoms with Gasteiger partial charge in [0.15, 0.2) is 0 Å². The minimum atomic E-state index is -0.945. The molecule has 0 aliphatic heterocycles. The quantitative estimate of drug-likeness (QED) is 0.868. The Morgan fingerprint density at radius 2 is 1.96 bits per heavy atom. The molecule has 0 spiro atoms. The highest BCUT2D eigenvalue weighted by Crippen LogP contribution is 2.31. The molecule has 8 heteroatoms. The van der Waals surface area contributed by atoms with E-state index in [9.17, 15) is 9.59 Å². The van der Waals surface area contributed by atoms with Crippen molar-refractivity contribution in [2.75, 3.05) is 5.32 Å². The zero-order valence-corrected chi connectivity index (χ0v) is 13.8. The van der Waals surface area contributed by atoms with Gasteiger partial charge in [0.1, 0.15) is 17.7 Å². The number of hydrogen-bond donors (Lipinski definition) is 2. The molecule has 2 amide bonds. The number of ether oxygens (including phenoxy) is 1. The van der Waals surface area contributed by atoms with Crippen molar-refractivity contribution in [3.63, 3.8) is 0 Å². The number of amides is 2. The zero-order valence-electron chi connectivity index (χ0n) is 13.0. The number of anilines is 1. The summed E-state index contributed by atoms with van der Waals surface area (Å²) in [5.41, 5.74) is 1.49. The average molecular weight is 346 g/mol. The molecular formula is C16H18N4O3S. The number of rotatable bonds is 5. The Kier molecular flexibility index (Phi) is 5.05. The molecule has 24 heavy (non-hydrogen) atoms. The van der Waals surface area contributed by atoms with E-state index in [1.54, 1.807) is 5.51 Å². The van der Waals surface area contributed by atoms with Crippen molar-refractivity contribution in [3.8, 4) is 0 Å². The fourth-order valence-electron chi connectivity index (χ4n) is 2.79. The van der Waals surface area contributed by atoms with Crippen LogP contribution in [0.15, 0.2) is 35.8 Å². The van der Waals surface area contributed by atoms with Gasteiger partial charge in [-0.1, -0.05) is 54.5 Å². The third-order valence-corrected chi connectivity index (χ3v) is 4.63. The second-order valence-corrected chi connectivity index (χ2v) is 6.51. The standard InChI is InChI=1S/C16H18N4O3S/c21-13(18-14-20-17-11-24-14)16(8-4-5-9-16)19-15(22)23-10-12-6-2-1-3-7-12/h1-3,6-7,11H,4-5,8-10H2,(H,19,22)(H,18,20,21). The molecule has 1 heterocycles. The van der Waals surface area contributed by atoms with Gasteiger partial charge in [0.25, 0.3) is 5.91 Å². The van der Waals surface area contributed by atoms with Crippen molar-refractivity contribution >= 4 is 28.5 Å². The van der Waals surface area contributed by atoms with E-state index in [2.05, 4.69) is 20.8 Å². The third kappa shape index (κ3) is 3.88. The number of hydrogen-bond acceptors (Lipinski definition) is 6. The van der Waals surface area contributed by atoms with Gasteiger partial charge in [-0.2, -0.15) is 0 Å². The van der Waals surface area contributed by atoms with Crippen molar-refractivity contribution in [3.05, 3.63) is 41.4 Å². The van der Waals surface area contributed by atoms with Gasteiger partial charge in [0, 0.05) is 0 Å². The summed E-state index contributed by atoms with van der Waals surface area (Å²) in [5.74, 6) is -0.270. The highest BCUT2D eigenvalue weighted by atomic mass is 32.1. The smallest absolute Gasteiger partial charge is 0.408 e. The van der Waals surface area contributed by atoms with Crippen LogP contribution < -0.4 is 10.6 Å². The zero-order chi connectivity index (χ0) is 16.8. The first kappa shape index (κ1) is 16.4. The van der Waals surface area contributed by atoms with Crippen LogP contribution in [0.3, 0.4) is 0 Å². The number of nitrogens with zero attached hydrogens (tertiary/aromatic N) is 2. The summed E-state index contributed by atoms with van der Waals surface area (Å²) in [6.45, 7) is 0.167. The number of nitrogens with one attached hydrogen (secondary N) is 2. The Balaban J connectivity index is 1.60. The molecule has 1 aromatic carbocycles. The van der Waals surface area contributed by atoms with E-state index in [4.69, 9.17) is 4.74 Å². The van der Waals surface area contributed by atoms with Crippen LogP contribution in [0.4, 0.5) is 9.93 Å². The van der Waals surface area contributed by atoms with Gasteiger partial charge in [0.2, 0.25) is 5.13 Å². The van der Waals surface area contributed by atoms with Gasteiger partial charge in [0.05, 0.1) is 0 Å². The number of benzene rings is 1. The van der Waals surface area contributed by atoms with Gasteiger partial charge in [-0.05, 0) is 18.4 Å². The van der Waals surface area contributed by atoms with Crippen LogP contribution in [0.1, 0.15) is 31.2 Å². The molecule has 2 aromatic rings. The molecular weight excluding hydrogens is 328 g/mol. The number of aromatic nitrogens is 2. The largest absolute Gasteiger partial charge is 0.445 e. The van der Waals surface area contributed by atoms with Crippen LogP contribution in [0.25, 0.3) is 0 Å². The predicted molar refractivity (Wildman–Crippen MR) is 89.5 cm³/mol. The summed E-state index contributed by atoms with van der Waals surface area (Å²) in [5, 5.41) is 13.4. The molecule has 0 bridgehead atoms. The highest BCUT2D eigenvalue weighted by molar-refractivity contribution is 7.13. The fourth-order valence-corrected chi connectivity index (χ4v) is 3.23. The van der Waals surface area contributed by atoms with Crippen molar-refractivity contribution < 1.29 is 14.3 Å². The fraction of sp³-hybridized carbons (Fsp3) is 0.375. The van der Waals surface area contributed by atoms with Crippen LogP contribution >= 0.6 is 11.3 Å². The molecule has 1 aromatic heterocycles. The molecule has 7 nitrogen and oxygen atoms in total. The molecule has 3 rings (SSSR count). The summed E-state index contributed by atoms with van der Waals surface area (Å²) in [7, 11) is 0. The van der Waals surface area contributed by atoms with Crippen molar-refractivity contribution in [2.24, 2.45) is 0 Å². The van der Waals surface area contributed by atoms with E-state index < -0.39 is 11.6 Å². The molecule has 2 N–H and O–H groups in total. The SMILES string of the molecule is O=C(NC1(C(=O)Nc2nncs2)CCCC1)OCc1ccccc1. The molecule has 0 saturated heterocycles. The van der Waals surface area contributed by atoms with Gasteiger partial charge in [-0.15, -0.1) is 10.2 Å². The van der Waals surface area contributed by atoms with Crippen LogP contribution in [-0.4, -0.2) is 27.7 Å². The minimum Gasteiger partial charge on any atom is -0.445 e. The first-order chi connectivity index (χ1) is 11.7. The first-order valence-electron chi connectivity index (χ1n) is 7.74. The monoisotopic (exact) mass is 346 g/mol. The lowest BCUT2D eigenvalue weighted by molar-refractivity contribution is -0.122. The van der Waals surface area contributed by atoms with E-state index in [1.807, 2.05) is 30.3 Å². The Hall–Kier alpha value is -2.48. The number of carbonyl (C=O) groups excluding carboxylic acids is 2. The second-order valence-electron chi connectivity index (χ2n) is 5.67. The van der Waals surface area contributed by atoms with Crippen molar-refractivity contribution in [1.82, 2.24) is 15.5 Å². The lowest BCUT2D eigenvalue weighted by Gasteiger charge is -2.27. The molecule has 1 saturated carbocycles. The van der Waals surface area contributed by atoms with Gasteiger partial charge >= 0.3 is 6.09 Å². The second kappa shape index (κ2) is 7.39. The maximum absolute atomic E-state index is 12.6. The topological polar surface area (TPSA) is 93.2 Å². The van der Waals surface area contributed by atoms with Gasteiger partial charge in [-0.25, -0.2) is 4.79 Å². The molecule has 1 fully saturated rings. The summed E-state index contributed by atoms with van der Waals surface area (Å²) in [4.78, 5) is 24.7. The maximum Gasteiger partial charge on any atom is 0.408 e. The summed E-state index contributed by atoms with van der Waals surface area (Å²) in [6.07, 6.45) is 2.33. The maximum atomic E-state index is 12.6. The van der Waals surface area contributed by atoms with E-state index >= 15 is 0 Å². The first-order valence-corrected chi connectivity index (χ1v) is 8.62. The Labute approximate surface area is 143 Å². The number of carbonyl (C=O) groups is 2. The predicted octanol–water partition coefficient (Wildman–Crippen LogP) is 2.72. The van der Waals surface area contributed by atoms with E-state index in [0.29, 0.717) is 18.0 Å². The molecule has 0 atom stereocenters. The van der Waals surface area contributed by atoms with Gasteiger partial charge < -0.3 is 10.1 Å². The van der Waals surface area contributed by atoms with Crippen LogP contribution in [-0.2, 0) is 16.1 Å². The molecule has 0 unspecified atom stereocenters.